The Hall–Kier alpha value is -5.44. The summed E-state index contributed by atoms with van der Waals surface area (Å²) in [6.45, 7) is 0. The second kappa shape index (κ2) is 12.4. The van der Waals surface area contributed by atoms with Crippen LogP contribution >= 0.6 is 0 Å². The number of methoxy groups -OCH3 is 1. The maximum atomic E-state index is 13.7. The van der Waals surface area contributed by atoms with Crippen molar-refractivity contribution in [3.05, 3.63) is 77.6 Å². The minimum atomic E-state index is -0.461. The lowest BCUT2D eigenvalue weighted by Crippen LogP contribution is -2.44. The molecule has 240 valence electrons. The Morgan fingerprint density at radius 3 is 2.32 bits per heavy atom. The highest BCUT2D eigenvalue weighted by molar-refractivity contribution is 6.00. The zero-order valence-electron chi connectivity index (χ0n) is 26.1. The molecular formula is C35H36N8O4. The van der Waals surface area contributed by atoms with Crippen molar-refractivity contribution in [2.24, 2.45) is 5.92 Å². The van der Waals surface area contributed by atoms with Crippen molar-refractivity contribution in [2.45, 2.75) is 69.0 Å². The van der Waals surface area contributed by atoms with Crippen LogP contribution in [0.5, 0.6) is 0 Å². The second-order valence-corrected chi connectivity index (χ2v) is 12.7. The molecule has 12 heteroatoms. The van der Waals surface area contributed by atoms with Crippen LogP contribution in [0.25, 0.3) is 16.9 Å². The maximum absolute atomic E-state index is 13.7. The lowest BCUT2D eigenvalue weighted by molar-refractivity contribution is -0.123. The summed E-state index contributed by atoms with van der Waals surface area (Å²) in [5.41, 5.74) is 4.82. The van der Waals surface area contributed by atoms with Gasteiger partial charge in [-0.05, 0) is 93.3 Å². The summed E-state index contributed by atoms with van der Waals surface area (Å²) in [6.07, 6.45) is 9.46. The second-order valence-electron chi connectivity index (χ2n) is 12.7. The van der Waals surface area contributed by atoms with Gasteiger partial charge in [0.05, 0.1) is 52.6 Å². The van der Waals surface area contributed by atoms with Crippen LogP contribution in [0.15, 0.2) is 60.9 Å². The highest BCUT2D eigenvalue weighted by atomic mass is 16.5. The molecule has 3 heterocycles. The van der Waals surface area contributed by atoms with E-state index in [0.29, 0.717) is 28.2 Å². The average Bonchev–Trinajstić information content (AvgIpc) is 4.03. The van der Waals surface area contributed by atoms with Crippen molar-refractivity contribution in [2.75, 3.05) is 12.4 Å². The highest BCUT2D eigenvalue weighted by Crippen LogP contribution is 2.46. The third-order valence-electron chi connectivity index (χ3n) is 9.39. The Morgan fingerprint density at radius 1 is 0.936 bits per heavy atom. The van der Waals surface area contributed by atoms with Gasteiger partial charge in [-0.2, -0.15) is 10.4 Å². The van der Waals surface area contributed by atoms with Crippen molar-refractivity contribution >= 4 is 34.8 Å². The summed E-state index contributed by atoms with van der Waals surface area (Å²) in [5, 5.41) is 26.4. The molecule has 0 atom stereocenters. The van der Waals surface area contributed by atoms with Crippen LogP contribution in [0.3, 0.4) is 0 Å². The van der Waals surface area contributed by atoms with Crippen molar-refractivity contribution in [3.63, 3.8) is 0 Å². The third kappa shape index (κ3) is 6.47. The Kier molecular flexibility index (Phi) is 7.97. The number of nitrogens with one attached hydrogen (secondary N) is 4. The molecular weight excluding hydrogens is 596 g/mol. The number of benzene rings is 1. The molecule has 3 saturated carbocycles. The van der Waals surface area contributed by atoms with Crippen molar-refractivity contribution in [1.29, 1.82) is 5.26 Å². The van der Waals surface area contributed by atoms with Crippen LogP contribution in [0, 0.1) is 17.2 Å². The number of nitriles is 1. The van der Waals surface area contributed by atoms with E-state index >= 15 is 0 Å². The van der Waals surface area contributed by atoms with Gasteiger partial charge in [0.2, 0.25) is 5.91 Å². The van der Waals surface area contributed by atoms with Gasteiger partial charge >= 0.3 is 6.09 Å². The van der Waals surface area contributed by atoms with E-state index in [4.69, 9.17) is 4.74 Å². The quantitative estimate of drug-likeness (QED) is 0.202. The number of carbonyl (C=O) groups is 3. The Morgan fingerprint density at radius 2 is 1.66 bits per heavy atom. The highest BCUT2D eigenvalue weighted by Gasteiger charge is 2.46. The Labute approximate surface area is 271 Å². The first-order valence-corrected chi connectivity index (χ1v) is 16.1. The average molecular weight is 633 g/mol. The van der Waals surface area contributed by atoms with Gasteiger partial charge in [0.25, 0.3) is 5.91 Å². The zero-order chi connectivity index (χ0) is 32.5. The van der Waals surface area contributed by atoms with E-state index in [1.807, 2.05) is 42.5 Å². The Balaban J connectivity index is 1.12. The molecule has 3 aliphatic carbocycles. The number of anilines is 2. The summed E-state index contributed by atoms with van der Waals surface area (Å²) in [6, 6.07) is 17.4. The van der Waals surface area contributed by atoms with E-state index in [1.165, 1.54) is 13.3 Å². The predicted molar refractivity (Wildman–Crippen MR) is 174 cm³/mol. The molecule has 0 aliphatic heterocycles. The molecule has 3 aliphatic rings. The van der Waals surface area contributed by atoms with Gasteiger partial charge < -0.3 is 26.0 Å². The topological polar surface area (TPSA) is 163 Å². The molecule has 1 aromatic carbocycles. The number of hydrogen-bond donors (Lipinski definition) is 4. The van der Waals surface area contributed by atoms with E-state index in [0.717, 1.165) is 68.1 Å². The van der Waals surface area contributed by atoms with Crippen LogP contribution in [-0.4, -0.2) is 51.7 Å². The molecule has 0 spiro atoms. The first-order valence-electron chi connectivity index (χ1n) is 16.1. The number of aromatic nitrogens is 3. The molecule has 3 aromatic heterocycles. The monoisotopic (exact) mass is 632 g/mol. The van der Waals surface area contributed by atoms with E-state index < -0.39 is 11.6 Å². The molecule has 0 unspecified atom stereocenters. The van der Waals surface area contributed by atoms with Crippen LogP contribution in [-0.2, 0) is 15.1 Å². The summed E-state index contributed by atoms with van der Waals surface area (Å²) >= 11 is 0. The molecule has 12 nitrogen and oxygen atoms in total. The van der Waals surface area contributed by atoms with Crippen molar-refractivity contribution in [3.8, 4) is 17.5 Å². The predicted octanol–water partition coefficient (Wildman–Crippen LogP) is 4.92. The summed E-state index contributed by atoms with van der Waals surface area (Å²) < 4.78 is 6.52. The fourth-order valence-electron chi connectivity index (χ4n) is 6.33. The number of nitrogens with zero attached hydrogens (tertiary/aromatic N) is 4. The van der Waals surface area contributed by atoms with E-state index in [1.54, 1.807) is 16.8 Å². The third-order valence-corrected chi connectivity index (χ3v) is 9.39. The fourth-order valence-corrected chi connectivity index (χ4v) is 6.33. The number of rotatable bonds is 9. The van der Waals surface area contributed by atoms with E-state index in [2.05, 4.69) is 37.4 Å². The van der Waals surface area contributed by atoms with Gasteiger partial charge in [-0.1, -0.05) is 12.1 Å². The first-order chi connectivity index (χ1) is 22.8. The summed E-state index contributed by atoms with van der Waals surface area (Å²) in [7, 11) is 1.35. The molecule has 4 N–H and O–H groups in total. The van der Waals surface area contributed by atoms with Crippen molar-refractivity contribution in [1.82, 2.24) is 30.5 Å². The lowest BCUT2D eigenvalue weighted by atomic mass is 9.90. The standard InChI is InChI=1S/C35H36N8O4/c1-47-34(46)42-35(14-15-35)23-4-6-24(7-5-23)39-29-17-30(31-13-12-27-16-21(18-36)19-38-43(27)31)37-20-28(29)33(45)41-26-10-8-25(9-11-26)40-32(44)22-2-3-22/h4-7,12-13,16-17,19-20,22,25-26H,2-3,8-11,14-15H2,1H3,(H,37,39)(H,40,44)(H,41,45)(H,42,46)/t25-,26-. The largest absolute Gasteiger partial charge is 0.453 e. The molecule has 47 heavy (non-hydrogen) atoms. The van der Waals surface area contributed by atoms with Crippen LogP contribution in [0.2, 0.25) is 0 Å². The molecule has 0 saturated heterocycles. The smallest absolute Gasteiger partial charge is 0.407 e. The molecule has 4 aromatic rings. The molecule has 0 radical (unpaired) electrons. The number of hydrogen-bond acceptors (Lipinski definition) is 8. The lowest BCUT2D eigenvalue weighted by Gasteiger charge is -2.30. The number of ether oxygens (including phenoxy) is 1. The number of carbonyl (C=O) groups excluding carboxylic acids is 3. The van der Waals surface area contributed by atoms with Gasteiger partial charge in [0, 0.05) is 29.9 Å². The number of alkyl carbamates (subject to hydrolysis) is 1. The minimum Gasteiger partial charge on any atom is -0.453 e. The van der Waals surface area contributed by atoms with Gasteiger partial charge in [0.1, 0.15) is 6.07 Å². The molecule has 3 amide bonds. The minimum absolute atomic E-state index is 0.00599. The SMILES string of the molecule is COC(=O)NC1(c2ccc(Nc3cc(-c4ccc5cc(C#N)cnn45)ncc3C(=O)N[C@H]3CC[C@H](NC(=O)C4CC4)CC3)cc2)CC1. The Bertz CT molecular complexity index is 1880. The van der Waals surface area contributed by atoms with Gasteiger partial charge in [-0.15, -0.1) is 0 Å². The fraction of sp³-hybridized carbons (Fsp3) is 0.371. The van der Waals surface area contributed by atoms with Crippen LogP contribution in [0.4, 0.5) is 16.2 Å². The van der Waals surface area contributed by atoms with E-state index in [9.17, 15) is 19.6 Å². The number of fused-ring (bicyclic) bond motifs is 1. The maximum Gasteiger partial charge on any atom is 0.407 e. The van der Waals surface area contributed by atoms with Crippen LogP contribution < -0.4 is 21.3 Å². The van der Waals surface area contributed by atoms with Crippen molar-refractivity contribution < 1.29 is 19.1 Å². The molecule has 0 bridgehead atoms. The first kappa shape index (κ1) is 30.2. The molecule has 3 fully saturated rings. The normalized spacial score (nSPS) is 19.7. The van der Waals surface area contributed by atoms with Gasteiger partial charge in [-0.3, -0.25) is 14.6 Å². The molecule has 7 rings (SSSR count). The van der Waals surface area contributed by atoms with E-state index in [-0.39, 0.29) is 29.8 Å². The zero-order valence-corrected chi connectivity index (χ0v) is 26.1. The van der Waals surface area contributed by atoms with Gasteiger partial charge in [0.15, 0.2) is 0 Å². The van der Waals surface area contributed by atoms with Crippen LogP contribution in [0.1, 0.15) is 72.9 Å². The van der Waals surface area contributed by atoms with Gasteiger partial charge in [-0.25, -0.2) is 9.31 Å². The summed E-state index contributed by atoms with van der Waals surface area (Å²) in [5.74, 6) is 0.118. The number of pyridine rings is 1. The number of amides is 3. The summed E-state index contributed by atoms with van der Waals surface area (Å²) in [4.78, 5) is 42.5.